The van der Waals surface area contributed by atoms with E-state index in [1.54, 1.807) is 11.8 Å². The van der Waals surface area contributed by atoms with Crippen molar-refractivity contribution >= 4 is 107 Å². The summed E-state index contributed by atoms with van der Waals surface area (Å²) < 4.78 is 4.94. The molecule has 2 aromatic carbocycles. The fraction of sp³-hybridized carbons (Fsp3) is 0.105. The molecule has 2 aromatic heterocycles. The second-order valence-electron chi connectivity index (χ2n) is 5.87. The van der Waals surface area contributed by atoms with Crippen molar-refractivity contribution in [2.24, 2.45) is 5.73 Å². The molecule has 0 aliphatic heterocycles. The van der Waals surface area contributed by atoms with Crippen LogP contribution in [0.25, 0.3) is 21.8 Å². The van der Waals surface area contributed by atoms with Crippen LogP contribution in [0.1, 0.15) is 1.43 Å². The van der Waals surface area contributed by atoms with Gasteiger partial charge in [-0.05, 0) is 36.4 Å². The van der Waals surface area contributed by atoms with E-state index in [0.717, 1.165) is 38.7 Å². The van der Waals surface area contributed by atoms with Crippen molar-refractivity contribution in [1.82, 2.24) is 9.97 Å². The molecule has 0 spiro atoms. The van der Waals surface area contributed by atoms with Gasteiger partial charge in [-0.2, -0.15) is 0 Å². The molecule has 30 heavy (non-hydrogen) atoms. The van der Waals surface area contributed by atoms with E-state index in [0.29, 0.717) is 5.02 Å². The van der Waals surface area contributed by atoms with Gasteiger partial charge in [0.15, 0.2) is 5.17 Å². The summed E-state index contributed by atoms with van der Waals surface area (Å²) in [5, 5.41) is 10.9. The molecule has 0 aliphatic carbocycles. The van der Waals surface area contributed by atoms with E-state index >= 15 is 0 Å². The second-order valence-corrected chi connectivity index (χ2v) is 9.30. The Bertz CT molecular complexity index is 1140. The van der Waals surface area contributed by atoms with Crippen molar-refractivity contribution in [1.29, 1.82) is 5.41 Å². The molecule has 4 rings (SSSR count). The highest BCUT2D eigenvalue weighted by Gasteiger charge is 2.06. The number of nitrogens with two attached hydrogens (primary N) is 1. The fourth-order valence-electron chi connectivity index (χ4n) is 2.66. The van der Waals surface area contributed by atoms with E-state index in [4.69, 9.17) is 38.9 Å². The number of hydrogen-bond acceptors (Lipinski definition) is 4. The van der Waals surface area contributed by atoms with Crippen LogP contribution < -0.4 is 5.73 Å². The summed E-state index contributed by atoms with van der Waals surface area (Å²) in [6.07, 6.45) is 3.83. The first-order valence-corrected chi connectivity index (χ1v) is 11.5. The van der Waals surface area contributed by atoms with Gasteiger partial charge in [0, 0.05) is 70.7 Å². The maximum atomic E-state index is 7.19. The smallest absolute Gasteiger partial charge is 0.156 e. The number of H-pyrrole nitrogens is 2. The van der Waals surface area contributed by atoms with Gasteiger partial charge in [0.2, 0.25) is 0 Å². The highest BCUT2D eigenvalue weighted by molar-refractivity contribution is 14.0. The van der Waals surface area contributed by atoms with Crippen LogP contribution in [0.15, 0.2) is 58.6 Å². The van der Waals surface area contributed by atoms with Crippen LogP contribution in [-0.2, 0) is 4.52 Å². The molecular weight excluding hydrogens is 593 g/mol. The highest BCUT2D eigenvalue weighted by Crippen LogP contribution is 2.30. The Kier molecular flexibility index (Phi) is 10.6. The number of rotatable bonds is 5. The minimum Gasteiger partial charge on any atom is -0.378 e. The summed E-state index contributed by atoms with van der Waals surface area (Å²) in [5.41, 5.74) is 7.43. The van der Waals surface area contributed by atoms with Crippen molar-refractivity contribution in [2.45, 2.75) is 9.79 Å². The maximum Gasteiger partial charge on any atom is 0.156 e. The molecule has 0 saturated carbocycles. The number of fused-ring (bicyclic) bond motifs is 2. The Morgan fingerprint density at radius 1 is 1.03 bits per heavy atom. The van der Waals surface area contributed by atoms with Gasteiger partial charge in [-0.25, -0.2) is 0 Å². The topological polar surface area (TPSA) is 90.7 Å². The van der Waals surface area contributed by atoms with Crippen LogP contribution in [-0.4, -0.2) is 27.5 Å². The number of aromatic nitrogens is 2. The van der Waals surface area contributed by atoms with Crippen LogP contribution in [0.4, 0.5) is 0 Å². The Balaban J connectivity index is 0.000000292. The molecule has 0 fully saturated rings. The number of hydrogen-bond donors (Lipinski definition) is 4. The van der Waals surface area contributed by atoms with Gasteiger partial charge in [0.25, 0.3) is 0 Å². The first kappa shape index (κ1) is 25.6. The van der Waals surface area contributed by atoms with Crippen molar-refractivity contribution in [3.05, 3.63) is 58.8 Å². The number of amidine groups is 1. The standard InChI is InChI=1S/C10H11ClNOPS.C9H8ClN3S.HI.H2/c11-7-1-2-9-8(5-7)10(6-12-9)15-4-3-13-14;10-5-1-2-7-6(3-5)8(4-13-7)14-9(11)12;;/h1-2,5-6,12H,3-4,14H2;1-4,13H,(H3,11,12);2*1H/i;;;1+2. The third-order valence-electron chi connectivity index (χ3n) is 3.89. The molecule has 0 amide bonds. The normalized spacial score (nSPS) is 10.5. The predicted octanol–water partition coefficient (Wildman–Crippen LogP) is 7.39. The molecular formula is C19H22Cl2IN4OPS2. The molecule has 4 aromatic rings. The lowest BCUT2D eigenvalue weighted by Gasteiger charge is -1.99. The minimum absolute atomic E-state index is 0. The Hall–Kier alpha value is -0.610. The van der Waals surface area contributed by atoms with Gasteiger partial charge in [-0.15, -0.1) is 35.7 Å². The summed E-state index contributed by atoms with van der Waals surface area (Å²) in [5.74, 6) is 0.933. The largest absolute Gasteiger partial charge is 0.378 e. The van der Waals surface area contributed by atoms with Crippen molar-refractivity contribution in [2.75, 3.05) is 12.4 Å². The third kappa shape index (κ3) is 6.95. The average molecular weight is 617 g/mol. The zero-order chi connectivity index (χ0) is 20.8. The van der Waals surface area contributed by atoms with Crippen molar-refractivity contribution < 1.29 is 5.95 Å². The van der Waals surface area contributed by atoms with Crippen LogP contribution in [0.3, 0.4) is 0 Å². The first-order valence-electron chi connectivity index (χ1n) is 8.47. The van der Waals surface area contributed by atoms with Gasteiger partial charge in [-0.3, -0.25) is 5.41 Å². The Morgan fingerprint density at radius 3 is 2.10 bits per heavy atom. The number of aromatic amines is 2. The summed E-state index contributed by atoms with van der Waals surface area (Å²) in [7, 11) is 2.26. The highest BCUT2D eigenvalue weighted by atomic mass is 127. The lowest BCUT2D eigenvalue weighted by atomic mass is 10.2. The monoisotopic (exact) mass is 616 g/mol. The summed E-state index contributed by atoms with van der Waals surface area (Å²) in [6.45, 7) is 0.725. The predicted molar refractivity (Wildman–Crippen MR) is 148 cm³/mol. The van der Waals surface area contributed by atoms with Crippen LogP contribution >= 0.6 is 80.2 Å². The third-order valence-corrected chi connectivity index (χ3v) is 6.39. The van der Waals surface area contributed by atoms with Crippen LogP contribution in [0, 0.1) is 5.41 Å². The van der Waals surface area contributed by atoms with E-state index in [-0.39, 0.29) is 30.6 Å². The summed E-state index contributed by atoms with van der Waals surface area (Å²) in [4.78, 5) is 8.45. The van der Waals surface area contributed by atoms with Gasteiger partial charge in [-0.1, -0.05) is 35.0 Å². The van der Waals surface area contributed by atoms with Gasteiger partial charge >= 0.3 is 0 Å². The number of halogens is 3. The average Bonchev–Trinajstić information content (AvgIpc) is 3.26. The van der Waals surface area contributed by atoms with Crippen molar-refractivity contribution in [3.8, 4) is 0 Å². The van der Waals surface area contributed by atoms with Crippen LogP contribution in [0.2, 0.25) is 10.0 Å². The number of benzene rings is 2. The summed E-state index contributed by atoms with van der Waals surface area (Å²) >= 11 is 14.8. The van der Waals surface area contributed by atoms with E-state index in [2.05, 4.69) is 19.4 Å². The SMILES string of the molecule is I.N=C(N)Sc1c[nH]c2ccc(Cl)cc12.POCCSc1c[nH]c2ccc(Cl)cc12.[3HH]. The molecule has 0 saturated heterocycles. The van der Waals surface area contributed by atoms with Crippen LogP contribution in [0.5, 0.6) is 0 Å². The summed E-state index contributed by atoms with van der Waals surface area (Å²) in [6, 6.07) is 11.5. The van der Waals surface area contributed by atoms with E-state index in [1.807, 2.05) is 48.8 Å². The molecule has 0 bridgehead atoms. The zero-order valence-electron chi connectivity index (χ0n) is 15.6. The molecule has 5 N–H and O–H groups in total. The molecule has 0 aliphatic rings. The lowest BCUT2D eigenvalue weighted by Crippen LogP contribution is -2.02. The molecule has 1 unspecified atom stereocenters. The van der Waals surface area contributed by atoms with Gasteiger partial charge in [0.05, 0.1) is 6.61 Å². The molecule has 162 valence electrons. The lowest BCUT2D eigenvalue weighted by molar-refractivity contribution is 0.404. The quantitative estimate of drug-likeness (QED) is 0.0470. The second kappa shape index (κ2) is 12.4. The molecule has 0 radical (unpaired) electrons. The minimum atomic E-state index is 0. The maximum absolute atomic E-state index is 7.19. The number of thioether (sulfide) groups is 2. The number of nitrogens with one attached hydrogen (secondary N) is 3. The Labute approximate surface area is 213 Å². The van der Waals surface area contributed by atoms with E-state index < -0.39 is 0 Å². The molecule has 1 atom stereocenters. The molecule has 2 heterocycles. The molecule has 5 nitrogen and oxygen atoms in total. The first-order chi connectivity index (χ1) is 14.0. The molecule has 11 heteroatoms. The van der Waals surface area contributed by atoms with Gasteiger partial charge < -0.3 is 20.2 Å². The van der Waals surface area contributed by atoms with E-state index in [9.17, 15) is 0 Å². The van der Waals surface area contributed by atoms with Gasteiger partial charge in [0.1, 0.15) is 0 Å². The van der Waals surface area contributed by atoms with E-state index in [1.165, 1.54) is 22.0 Å². The fourth-order valence-corrected chi connectivity index (χ4v) is 4.79. The zero-order valence-corrected chi connectivity index (χ0v) is 22.2. The Morgan fingerprint density at radius 2 is 1.57 bits per heavy atom. The van der Waals surface area contributed by atoms with Crippen molar-refractivity contribution in [3.63, 3.8) is 0 Å².